The van der Waals surface area contributed by atoms with Crippen LogP contribution in [0.15, 0.2) is 0 Å². The standard InChI is InChI=1S/C15H29NO/c1-3-14(4-2)9-11-16(12-10-14)13-15(17)7-5-6-8-15/h17H,3-13H2,1-2H3. The van der Waals surface area contributed by atoms with Crippen molar-refractivity contribution in [2.24, 2.45) is 5.41 Å². The van der Waals surface area contributed by atoms with Crippen LogP contribution in [0, 0.1) is 5.41 Å². The van der Waals surface area contributed by atoms with E-state index in [-0.39, 0.29) is 5.60 Å². The maximum atomic E-state index is 10.4. The van der Waals surface area contributed by atoms with E-state index in [0.29, 0.717) is 5.41 Å². The summed E-state index contributed by atoms with van der Waals surface area (Å²) in [6.45, 7) is 8.00. The number of nitrogens with zero attached hydrogens (tertiary/aromatic N) is 1. The molecule has 0 aromatic rings. The smallest absolute Gasteiger partial charge is 0.0774 e. The molecule has 2 heteroatoms. The number of β-amino-alcohol motifs (C(OH)–C–C–N with tert-alkyl or cyclic N) is 1. The van der Waals surface area contributed by atoms with Gasteiger partial charge in [-0.15, -0.1) is 0 Å². The van der Waals surface area contributed by atoms with Crippen LogP contribution >= 0.6 is 0 Å². The number of piperidine rings is 1. The highest BCUT2D eigenvalue weighted by atomic mass is 16.3. The Morgan fingerprint density at radius 1 is 0.941 bits per heavy atom. The van der Waals surface area contributed by atoms with Gasteiger partial charge in [0.25, 0.3) is 0 Å². The zero-order valence-electron chi connectivity index (χ0n) is 11.7. The lowest BCUT2D eigenvalue weighted by atomic mass is 9.74. The van der Waals surface area contributed by atoms with Gasteiger partial charge >= 0.3 is 0 Å². The molecule has 0 radical (unpaired) electrons. The largest absolute Gasteiger partial charge is 0.389 e. The van der Waals surface area contributed by atoms with Gasteiger partial charge in [0.1, 0.15) is 0 Å². The van der Waals surface area contributed by atoms with Crippen LogP contribution in [0.3, 0.4) is 0 Å². The third-order valence-electron chi connectivity index (χ3n) is 5.47. The summed E-state index contributed by atoms with van der Waals surface area (Å²) in [5.41, 5.74) is 0.257. The van der Waals surface area contributed by atoms with Crippen LogP contribution < -0.4 is 0 Å². The van der Waals surface area contributed by atoms with E-state index in [1.165, 1.54) is 51.6 Å². The van der Waals surface area contributed by atoms with Crippen LogP contribution in [0.2, 0.25) is 0 Å². The average molecular weight is 239 g/mol. The van der Waals surface area contributed by atoms with E-state index in [2.05, 4.69) is 18.7 Å². The first kappa shape index (κ1) is 13.4. The van der Waals surface area contributed by atoms with Gasteiger partial charge in [0.05, 0.1) is 5.60 Å². The molecule has 1 N–H and O–H groups in total. The minimum atomic E-state index is -0.349. The van der Waals surface area contributed by atoms with Crippen molar-refractivity contribution in [3.05, 3.63) is 0 Å². The zero-order chi connectivity index (χ0) is 12.4. The fraction of sp³-hybridized carbons (Fsp3) is 1.00. The highest BCUT2D eigenvalue weighted by Gasteiger charge is 2.36. The molecule has 0 aromatic heterocycles. The van der Waals surface area contributed by atoms with E-state index in [0.717, 1.165) is 19.4 Å². The maximum Gasteiger partial charge on any atom is 0.0774 e. The van der Waals surface area contributed by atoms with Gasteiger partial charge in [-0.25, -0.2) is 0 Å². The van der Waals surface area contributed by atoms with E-state index in [4.69, 9.17) is 0 Å². The molecule has 0 spiro atoms. The van der Waals surface area contributed by atoms with Crippen molar-refractivity contribution in [3.63, 3.8) is 0 Å². The quantitative estimate of drug-likeness (QED) is 0.814. The minimum absolute atomic E-state index is 0.349. The molecule has 0 bridgehead atoms. The predicted molar refractivity (Wildman–Crippen MR) is 72.1 cm³/mol. The lowest BCUT2D eigenvalue weighted by Gasteiger charge is -2.43. The molecule has 0 unspecified atom stereocenters. The van der Waals surface area contributed by atoms with Gasteiger partial charge in [0.2, 0.25) is 0 Å². The first-order valence-corrected chi connectivity index (χ1v) is 7.56. The molecular weight excluding hydrogens is 210 g/mol. The molecule has 2 nitrogen and oxygen atoms in total. The lowest BCUT2D eigenvalue weighted by Crippen LogP contribution is -2.47. The highest BCUT2D eigenvalue weighted by molar-refractivity contribution is 4.91. The molecule has 1 aliphatic heterocycles. The molecular formula is C15H29NO. The zero-order valence-corrected chi connectivity index (χ0v) is 11.7. The van der Waals surface area contributed by atoms with E-state index in [1.807, 2.05) is 0 Å². The first-order valence-electron chi connectivity index (χ1n) is 7.56. The Morgan fingerprint density at radius 3 is 1.94 bits per heavy atom. The number of hydrogen-bond donors (Lipinski definition) is 1. The summed E-state index contributed by atoms with van der Waals surface area (Å²) in [5.74, 6) is 0. The molecule has 2 rings (SSSR count). The van der Waals surface area contributed by atoms with Gasteiger partial charge in [0, 0.05) is 6.54 Å². The van der Waals surface area contributed by atoms with Crippen LogP contribution in [0.1, 0.15) is 65.2 Å². The summed E-state index contributed by atoms with van der Waals surface area (Å²) in [7, 11) is 0. The van der Waals surface area contributed by atoms with Crippen molar-refractivity contribution in [3.8, 4) is 0 Å². The van der Waals surface area contributed by atoms with Crippen LogP contribution in [0.4, 0.5) is 0 Å². The minimum Gasteiger partial charge on any atom is -0.389 e. The Balaban J connectivity index is 1.83. The maximum absolute atomic E-state index is 10.4. The topological polar surface area (TPSA) is 23.5 Å². The third-order valence-corrected chi connectivity index (χ3v) is 5.47. The Hall–Kier alpha value is -0.0800. The van der Waals surface area contributed by atoms with Gasteiger partial charge < -0.3 is 10.0 Å². The van der Waals surface area contributed by atoms with E-state index in [1.54, 1.807) is 0 Å². The molecule has 1 saturated heterocycles. The second-order valence-electron chi connectivity index (χ2n) is 6.41. The summed E-state index contributed by atoms with van der Waals surface area (Å²) in [6.07, 6.45) is 9.79. The Kier molecular flexibility index (Phi) is 4.14. The fourth-order valence-electron chi connectivity index (χ4n) is 3.75. The van der Waals surface area contributed by atoms with Crippen LogP contribution in [0.5, 0.6) is 0 Å². The summed E-state index contributed by atoms with van der Waals surface area (Å²) >= 11 is 0. The second kappa shape index (κ2) is 5.27. The molecule has 1 saturated carbocycles. The third kappa shape index (κ3) is 3.03. The van der Waals surface area contributed by atoms with Gasteiger partial charge in [0.15, 0.2) is 0 Å². The van der Waals surface area contributed by atoms with Crippen molar-refractivity contribution in [2.45, 2.75) is 70.8 Å². The summed E-state index contributed by atoms with van der Waals surface area (Å²) in [5, 5.41) is 10.4. The molecule has 2 aliphatic rings. The molecule has 1 heterocycles. The summed E-state index contributed by atoms with van der Waals surface area (Å²) in [6, 6.07) is 0. The van der Waals surface area contributed by atoms with Crippen LogP contribution in [0.25, 0.3) is 0 Å². The fourth-order valence-corrected chi connectivity index (χ4v) is 3.75. The van der Waals surface area contributed by atoms with Crippen molar-refractivity contribution in [1.82, 2.24) is 4.90 Å². The van der Waals surface area contributed by atoms with Gasteiger partial charge in [-0.2, -0.15) is 0 Å². The van der Waals surface area contributed by atoms with Crippen LogP contribution in [-0.4, -0.2) is 35.2 Å². The molecule has 2 fully saturated rings. The van der Waals surface area contributed by atoms with Crippen molar-refractivity contribution in [2.75, 3.05) is 19.6 Å². The van der Waals surface area contributed by atoms with Crippen molar-refractivity contribution >= 4 is 0 Å². The second-order valence-corrected chi connectivity index (χ2v) is 6.41. The number of likely N-dealkylation sites (tertiary alicyclic amines) is 1. The SMILES string of the molecule is CCC1(CC)CCN(CC2(O)CCCC2)CC1. The molecule has 0 aromatic carbocycles. The molecule has 0 atom stereocenters. The van der Waals surface area contributed by atoms with Crippen molar-refractivity contribution in [1.29, 1.82) is 0 Å². The Bertz CT molecular complexity index is 231. The van der Waals surface area contributed by atoms with Crippen LogP contribution in [-0.2, 0) is 0 Å². The Morgan fingerprint density at radius 2 is 1.47 bits per heavy atom. The highest BCUT2D eigenvalue weighted by Crippen LogP contribution is 2.39. The van der Waals surface area contributed by atoms with Crippen molar-refractivity contribution < 1.29 is 5.11 Å². The summed E-state index contributed by atoms with van der Waals surface area (Å²) in [4.78, 5) is 2.51. The first-order chi connectivity index (χ1) is 8.11. The van der Waals surface area contributed by atoms with Gasteiger partial charge in [-0.05, 0) is 44.2 Å². The molecule has 1 aliphatic carbocycles. The van der Waals surface area contributed by atoms with E-state index < -0.39 is 0 Å². The number of aliphatic hydroxyl groups is 1. The normalized spacial score (nSPS) is 28.4. The number of hydrogen-bond acceptors (Lipinski definition) is 2. The van der Waals surface area contributed by atoms with E-state index >= 15 is 0 Å². The molecule has 100 valence electrons. The Labute approximate surface area is 106 Å². The average Bonchev–Trinajstić information content (AvgIpc) is 2.77. The summed E-state index contributed by atoms with van der Waals surface area (Å²) < 4.78 is 0. The molecule has 17 heavy (non-hydrogen) atoms. The number of rotatable bonds is 4. The van der Waals surface area contributed by atoms with Gasteiger partial charge in [-0.1, -0.05) is 39.5 Å². The molecule has 0 amide bonds. The van der Waals surface area contributed by atoms with E-state index in [9.17, 15) is 5.11 Å². The lowest BCUT2D eigenvalue weighted by molar-refractivity contribution is -0.0117. The van der Waals surface area contributed by atoms with Gasteiger partial charge in [-0.3, -0.25) is 0 Å². The monoisotopic (exact) mass is 239 g/mol. The predicted octanol–water partition coefficient (Wildman–Crippen LogP) is 3.19.